The Hall–Kier alpha value is -1.55. The van der Waals surface area contributed by atoms with Crippen molar-refractivity contribution in [3.63, 3.8) is 0 Å². The second-order valence-corrected chi connectivity index (χ2v) is 3.16. The Kier molecular flexibility index (Phi) is 2.37. The molecular formula is C10H12N2O2. The summed E-state index contributed by atoms with van der Waals surface area (Å²) in [5.74, 6) is -0.0332. The molecule has 1 aliphatic rings. The van der Waals surface area contributed by atoms with Crippen molar-refractivity contribution in [1.29, 1.82) is 0 Å². The highest BCUT2D eigenvalue weighted by Crippen LogP contribution is 2.23. The summed E-state index contributed by atoms with van der Waals surface area (Å²) in [6.45, 7) is 1.29. The molecule has 14 heavy (non-hydrogen) atoms. The third-order valence-electron chi connectivity index (χ3n) is 2.21. The molecule has 0 spiro atoms. The van der Waals surface area contributed by atoms with E-state index in [1.54, 1.807) is 11.0 Å². The van der Waals surface area contributed by atoms with Crippen molar-refractivity contribution in [2.24, 2.45) is 0 Å². The topological polar surface area (TPSA) is 55.6 Å². The fourth-order valence-corrected chi connectivity index (χ4v) is 1.51. The molecule has 0 saturated carbocycles. The van der Waals surface area contributed by atoms with Crippen LogP contribution in [0.2, 0.25) is 0 Å². The summed E-state index contributed by atoms with van der Waals surface area (Å²) < 4.78 is 5.04. The van der Waals surface area contributed by atoms with Crippen LogP contribution in [0, 0.1) is 0 Å². The normalized spacial score (nSPS) is 17.1. The quantitative estimate of drug-likeness (QED) is 0.664. The van der Waals surface area contributed by atoms with Crippen LogP contribution in [0.15, 0.2) is 24.3 Å². The third kappa shape index (κ3) is 1.56. The van der Waals surface area contributed by atoms with E-state index in [-0.39, 0.29) is 12.5 Å². The highest BCUT2D eigenvalue weighted by molar-refractivity contribution is 5.97. The van der Waals surface area contributed by atoms with Gasteiger partial charge in [0, 0.05) is 6.54 Å². The molecule has 0 aliphatic carbocycles. The van der Waals surface area contributed by atoms with Crippen LogP contribution in [0.25, 0.3) is 0 Å². The third-order valence-corrected chi connectivity index (χ3v) is 2.21. The molecule has 1 saturated heterocycles. The first kappa shape index (κ1) is 9.02. The maximum atomic E-state index is 11.5. The molecule has 1 aromatic carbocycles. The first-order valence-electron chi connectivity index (χ1n) is 4.51. The molecule has 1 amide bonds. The van der Waals surface area contributed by atoms with E-state index in [1.165, 1.54) is 0 Å². The SMILES string of the molecule is Nc1ccccc1N1CCOCC1=O. The lowest BCUT2D eigenvalue weighted by atomic mass is 10.2. The van der Waals surface area contributed by atoms with Gasteiger partial charge >= 0.3 is 0 Å². The van der Waals surface area contributed by atoms with Crippen molar-refractivity contribution in [2.75, 3.05) is 30.4 Å². The predicted octanol–water partition coefficient (Wildman–Crippen LogP) is 0.632. The first-order valence-corrected chi connectivity index (χ1v) is 4.51. The van der Waals surface area contributed by atoms with Gasteiger partial charge in [0.15, 0.2) is 0 Å². The van der Waals surface area contributed by atoms with Crippen LogP contribution in [-0.2, 0) is 9.53 Å². The molecule has 2 rings (SSSR count). The van der Waals surface area contributed by atoms with Gasteiger partial charge in [-0.05, 0) is 12.1 Å². The van der Waals surface area contributed by atoms with E-state index >= 15 is 0 Å². The molecule has 4 heteroatoms. The minimum absolute atomic E-state index is 0.0332. The monoisotopic (exact) mass is 192 g/mol. The van der Waals surface area contributed by atoms with Crippen LogP contribution in [0.5, 0.6) is 0 Å². The van der Waals surface area contributed by atoms with Crippen molar-refractivity contribution < 1.29 is 9.53 Å². The van der Waals surface area contributed by atoms with Crippen molar-refractivity contribution in [3.05, 3.63) is 24.3 Å². The highest BCUT2D eigenvalue weighted by atomic mass is 16.5. The van der Waals surface area contributed by atoms with Crippen molar-refractivity contribution in [2.45, 2.75) is 0 Å². The van der Waals surface area contributed by atoms with Crippen LogP contribution in [0.3, 0.4) is 0 Å². The lowest BCUT2D eigenvalue weighted by Gasteiger charge is -2.27. The van der Waals surface area contributed by atoms with Gasteiger partial charge in [0.1, 0.15) is 6.61 Å². The van der Waals surface area contributed by atoms with Gasteiger partial charge in [0.2, 0.25) is 0 Å². The number of ether oxygens (including phenoxy) is 1. The van der Waals surface area contributed by atoms with Crippen LogP contribution < -0.4 is 10.6 Å². The summed E-state index contributed by atoms with van der Waals surface area (Å²) in [4.78, 5) is 13.2. The number of hydrogen-bond donors (Lipinski definition) is 1. The number of morpholine rings is 1. The van der Waals surface area contributed by atoms with Gasteiger partial charge in [-0.15, -0.1) is 0 Å². The Morgan fingerprint density at radius 1 is 1.36 bits per heavy atom. The molecule has 0 aromatic heterocycles. The minimum Gasteiger partial charge on any atom is -0.397 e. The smallest absolute Gasteiger partial charge is 0.253 e. The number of hydrogen-bond acceptors (Lipinski definition) is 3. The van der Waals surface area contributed by atoms with E-state index in [0.29, 0.717) is 18.8 Å². The van der Waals surface area contributed by atoms with Crippen LogP contribution in [0.1, 0.15) is 0 Å². The van der Waals surface area contributed by atoms with Crippen LogP contribution in [0.4, 0.5) is 11.4 Å². The fraction of sp³-hybridized carbons (Fsp3) is 0.300. The van der Waals surface area contributed by atoms with Crippen molar-refractivity contribution >= 4 is 17.3 Å². The lowest BCUT2D eigenvalue weighted by molar-refractivity contribution is -0.125. The number of benzene rings is 1. The molecular weight excluding hydrogens is 180 g/mol. The maximum Gasteiger partial charge on any atom is 0.253 e. The summed E-state index contributed by atoms with van der Waals surface area (Å²) >= 11 is 0. The van der Waals surface area contributed by atoms with E-state index in [4.69, 9.17) is 10.5 Å². The van der Waals surface area contributed by atoms with Crippen molar-refractivity contribution in [3.8, 4) is 0 Å². The minimum atomic E-state index is -0.0332. The molecule has 0 radical (unpaired) electrons. The molecule has 1 fully saturated rings. The Morgan fingerprint density at radius 3 is 2.86 bits per heavy atom. The van der Waals surface area contributed by atoms with E-state index < -0.39 is 0 Å². The molecule has 1 heterocycles. The zero-order valence-corrected chi connectivity index (χ0v) is 7.77. The second-order valence-electron chi connectivity index (χ2n) is 3.16. The number of carbonyl (C=O) groups is 1. The van der Waals surface area contributed by atoms with Gasteiger partial charge in [-0.1, -0.05) is 12.1 Å². The number of anilines is 2. The summed E-state index contributed by atoms with van der Waals surface area (Å²) in [5.41, 5.74) is 7.18. The molecule has 1 aromatic rings. The summed E-state index contributed by atoms with van der Waals surface area (Å²) in [5, 5.41) is 0. The highest BCUT2D eigenvalue weighted by Gasteiger charge is 2.21. The average molecular weight is 192 g/mol. The van der Waals surface area contributed by atoms with Gasteiger partial charge in [-0.2, -0.15) is 0 Å². The second kappa shape index (κ2) is 3.67. The van der Waals surface area contributed by atoms with Gasteiger partial charge in [0.05, 0.1) is 18.0 Å². The molecule has 0 bridgehead atoms. The van der Waals surface area contributed by atoms with Crippen LogP contribution in [-0.4, -0.2) is 25.7 Å². The fourth-order valence-electron chi connectivity index (χ4n) is 1.51. The largest absolute Gasteiger partial charge is 0.397 e. The maximum absolute atomic E-state index is 11.5. The van der Waals surface area contributed by atoms with E-state index in [1.807, 2.05) is 18.2 Å². The Labute approximate surface area is 82.3 Å². The number of rotatable bonds is 1. The Bertz CT molecular complexity index is 352. The first-order chi connectivity index (χ1) is 6.79. The summed E-state index contributed by atoms with van der Waals surface area (Å²) in [6.07, 6.45) is 0. The predicted molar refractivity (Wildman–Crippen MR) is 54.0 cm³/mol. The average Bonchev–Trinajstić information content (AvgIpc) is 2.20. The van der Waals surface area contributed by atoms with E-state index in [0.717, 1.165) is 5.69 Å². The Morgan fingerprint density at radius 2 is 2.14 bits per heavy atom. The number of nitrogen functional groups attached to an aromatic ring is 1. The van der Waals surface area contributed by atoms with Gasteiger partial charge < -0.3 is 15.4 Å². The lowest BCUT2D eigenvalue weighted by Crippen LogP contribution is -2.41. The molecule has 0 unspecified atom stereocenters. The van der Waals surface area contributed by atoms with Gasteiger partial charge in [-0.3, -0.25) is 4.79 Å². The standard InChI is InChI=1S/C10H12N2O2/c11-8-3-1-2-4-9(8)12-5-6-14-7-10(12)13/h1-4H,5-7,11H2. The van der Waals surface area contributed by atoms with Gasteiger partial charge in [-0.25, -0.2) is 0 Å². The number of nitrogens with zero attached hydrogens (tertiary/aromatic N) is 1. The number of para-hydroxylation sites is 2. The molecule has 1 aliphatic heterocycles. The summed E-state index contributed by atoms with van der Waals surface area (Å²) in [6, 6.07) is 7.36. The Balaban J connectivity index is 2.29. The van der Waals surface area contributed by atoms with E-state index in [9.17, 15) is 4.79 Å². The van der Waals surface area contributed by atoms with Gasteiger partial charge in [0.25, 0.3) is 5.91 Å². The summed E-state index contributed by atoms with van der Waals surface area (Å²) in [7, 11) is 0. The number of carbonyl (C=O) groups excluding carboxylic acids is 1. The zero-order chi connectivity index (χ0) is 9.97. The molecule has 0 atom stereocenters. The molecule has 4 nitrogen and oxygen atoms in total. The number of nitrogens with two attached hydrogens (primary N) is 1. The number of amides is 1. The zero-order valence-electron chi connectivity index (χ0n) is 7.77. The molecule has 74 valence electrons. The van der Waals surface area contributed by atoms with E-state index in [2.05, 4.69) is 0 Å². The van der Waals surface area contributed by atoms with Crippen molar-refractivity contribution in [1.82, 2.24) is 0 Å². The molecule has 2 N–H and O–H groups in total. The van der Waals surface area contributed by atoms with Crippen LogP contribution >= 0.6 is 0 Å².